The second-order valence-electron chi connectivity index (χ2n) is 7.42. The van der Waals surface area contributed by atoms with Gasteiger partial charge in [-0.15, -0.1) is 0 Å². The topological polar surface area (TPSA) is 82.2 Å². The van der Waals surface area contributed by atoms with E-state index >= 15 is 0 Å². The van der Waals surface area contributed by atoms with Crippen LogP contribution in [-0.2, 0) is 0 Å². The number of carbonyl (C=O) groups excluding carboxylic acids is 1. The Morgan fingerprint density at radius 1 is 1.10 bits per heavy atom. The van der Waals surface area contributed by atoms with E-state index in [1.807, 2.05) is 48.9 Å². The molecule has 0 unspecified atom stereocenters. The Morgan fingerprint density at radius 3 is 2.73 bits per heavy atom. The van der Waals surface area contributed by atoms with Crippen LogP contribution in [0.3, 0.4) is 0 Å². The lowest BCUT2D eigenvalue weighted by molar-refractivity contribution is 0.102. The largest absolute Gasteiger partial charge is 0.495 e. The molecule has 3 aromatic heterocycles. The zero-order chi connectivity index (χ0) is 20.8. The second-order valence-corrected chi connectivity index (χ2v) is 7.42. The number of hydrogen-bond donors (Lipinski definition) is 1. The number of amides is 1. The Bertz CT molecular complexity index is 1410. The van der Waals surface area contributed by atoms with Crippen LogP contribution in [0.15, 0.2) is 59.3 Å². The minimum atomic E-state index is -0.282. The van der Waals surface area contributed by atoms with Gasteiger partial charge in [-0.25, -0.2) is 9.67 Å². The third-order valence-electron chi connectivity index (χ3n) is 5.13. The van der Waals surface area contributed by atoms with E-state index in [0.29, 0.717) is 22.6 Å². The molecule has 3 heterocycles. The van der Waals surface area contributed by atoms with Crippen LogP contribution in [-0.4, -0.2) is 27.8 Å². The van der Waals surface area contributed by atoms with Gasteiger partial charge in [-0.2, -0.15) is 5.10 Å². The summed E-state index contributed by atoms with van der Waals surface area (Å²) in [5.41, 5.74) is 3.20. The van der Waals surface area contributed by atoms with Gasteiger partial charge in [-0.05, 0) is 32.0 Å². The first-order valence-corrected chi connectivity index (χ1v) is 9.69. The molecule has 30 heavy (non-hydrogen) atoms. The summed E-state index contributed by atoms with van der Waals surface area (Å²) in [4.78, 5) is 17.3. The standard InChI is InChI=1S/C23H20N4O3/c1-13(2)27-22-14(12-25-27)8-15(11-24-22)23(28)26-18-10-20-17(9-21(18)29-3)16-6-4-5-7-19(16)30-20/h4-13H,1-3H3,(H,26,28). The van der Waals surface area contributed by atoms with Crippen molar-refractivity contribution < 1.29 is 13.9 Å². The zero-order valence-corrected chi connectivity index (χ0v) is 16.8. The molecule has 150 valence electrons. The summed E-state index contributed by atoms with van der Waals surface area (Å²) < 4.78 is 13.3. The van der Waals surface area contributed by atoms with Crippen LogP contribution in [0.4, 0.5) is 5.69 Å². The van der Waals surface area contributed by atoms with Crippen LogP contribution >= 0.6 is 0 Å². The molecule has 2 aromatic carbocycles. The average molecular weight is 400 g/mol. The predicted molar refractivity (Wildman–Crippen MR) is 116 cm³/mol. The third-order valence-corrected chi connectivity index (χ3v) is 5.13. The maximum absolute atomic E-state index is 12.9. The fourth-order valence-corrected chi connectivity index (χ4v) is 3.65. The van der Waals surface area contributed by atoms with E-state index in [1.54, 1.807) is 31.6 Å². The number of benzene rings is 2. The number of furan rings is 1. The maximum atomic E-state index is 12.9. The van der Waals surface area contributed by atoms with Crippen LogP contribution in [0.1, 0.15) is 30.2 Å². The molecule has 0 fully saturated rings. The van der Waals surface area contributed by atoms with E-state index in [2.05, 4.69) is 15.4 Å². The first-order valence-electron chi connectivity index (χ1n) is 9.69. The Labute approximate surface area is 172 Å². The third kappa shape index (κ3) is 2.86. The quantitative estimate of drug-likeness (QED) is 0.450. The number of rotatable bonds is 4. The van der Waals surface area contributed by atoms with Crippen LogP contribution < -0.4 is 10.1 Å². The van der Waals surface area contributed by atoms with Gasteiger partial charge in [0.25, 0.3) is 5.91 Å². The van der Waals surface area contributed by atoms with Gasteiger partial charge in [0.15, 0.2) is 5.65 Å². The highest BCUT2D eigenvalue weighted by atomic mass is 16.5. The van der Waals surface area contributed by atoms with Gasteiger partial charge < -0.3 is 14.5 Å². The van der Waals surface area contributed by atoms with Crippen LogP contribution in [0, 0.1) is 0 Å². The molecule has 0 bridgehead atoms. The van der Waals surface area contributed by atoms with Gasteiger partial charge in [0.1, 0.15) is 16.9 Å². The summed E-state index contributed by atoms with van der Waals surface area (Å²) >= 11 is 0. The van der Waals surface area contributed by atoms with Gasteiger partial charge in [0.2, 0.25) is 0 Å². The number of anilines is 1. The van der Waals surface area contributed by atoms with Gasteiger partial charge in [0.05, 0.1) is 24.6 Å². The van der Waals surface area contributed by atoms with Crippen molar-refractivity contribution in [2.24, 2.45) is 0 Å². The van der Waals surface area contributed by atoms with Crippen molar-refractivity contribution in [2.45, 2.75) is 19.9 Å². The molecule has 5 aromatic rings. The van der Waals surface area contributed by atoms with Crippen LogP contribution in [0.25, 0.3) is 33.0 Å². The number of pyridine rings is 1. The molecule has 0 atom stereocenters. The Kier molecular flexibility index (Phi) is 4.17. The second kappa shape index (κ2) is 6.88. The molecule has 0 saturated carbocycles. The lowest BCUT2D eigenvalue weighted by Gasteiger charge is -2.11. The monoisotopic (exact) mass is 400 g/mol. The number of ether oxygens (including phenoxy) is 1. The summed E-state index contributed by atoms with van der Waals surface area (Å²) in [6.45, 7) is 4.07. The predicted octanol–water partition coefficient (Wildman–Crippen LogP) is 5.17. The van der Waals surface area contributed by atoms with Crippen molar-refractivity contribution in [3.8, 4) is 5.75 Å². The molecule has 0 radical (unpaired) electrons. The highest BCUT2D eigenvalue weighted by Gasteiger charge is 2.16. The number of nitrogens with one attached hydrogen (secondary N) is 1. The molecule has 0 saturated heterocycles. The van der Waals surface area contributed by atoms with Gasteiger partial charge in [0, 0.05) is 34.5 Å². The molecule has 7 nitrogen and oxygen atoms in total. The Hall–Kier alpha value is -3.87. The number of nitrogens with zero attached hydrogens (tertiary/aromatic N) is 3. The highest BCUT2D eigenvalue weighted by Crippen LogP contribution is 2.36. The molecule has 7 heteroatoms. The van der Waals surface area contributed by atoms with E-state index in [9.17, 15) is 4.79 Å². The first kappa shape index (κ1) is 18.2. The molecular weight excluding hydrogens is 380 g/mol. The molecule has 0 aliphatic rings. The zero-order valence-electron chi connectivity index (χ0n) is 16.8. The van der Waals surface area contributed by atoms with E-state index in [1.165, 1.54) is 0 Å². The number of methoxy groups -OCH3 is 1. The van der Waals surface area contributed by atoms with E-state index in [4.69, 9.17) is 9.15 Å². The molecule has 0 aliphatic heterocycles. The average Bonchev–Trinajstić information content (AvgIpc) is 3.33. The summed E-state index contributed by atoms with van der Waals surface area (Å²) in [6.07, 6.45) is 3.28. The van der Waals surface area contributed by atoms with E-state index < -0.39 is 0 Å². The number of para-hydroxylation sites is 1. The van der Waals surface area contributed by atoms with E-state index in [-0.39, 0.29) is 11.9 Å². The van der Waals surface area contributed by atoms with Crippen molar-refractivity contribution >= 4 is 44.6 Å². The van der Waals surface area contributed by atoms with Crippen molar-refractivity contribution in [3.05, 3.63) is 60.4 Å². The summed E-state index contributed by atoms with van der Waals surface area (Å²) in [6, 6.07) is 13.4. The van der Waals surface area contributed by atoms with Crippen molar-refractivity contribution in [1.82, 2.24) is 14.8 Å². The SMILES string of the molecule is COc1cc2c(cc1NC(=O)c1cnc3c(cnn3C(C)C)c1)oc1ccccc12. The minimum absolute atomic E-state index is 0.189. The van der Waals surface area contributed by atoms with Crippen molar-refractivity contribution in [3.63, 3.8) is 0 Å². The summed E-state index contributed by atoms with van der Waals surface area (Å²) in [5, 5.41) is 10.0. The van der Waals surface area contributed by atoms with Gasteiger partial charge in [-0.1, -0.05) is 18.2 Å². The first-order chi connectivity index (χ1) is 14.5. The molecule has 0 aliphatic carbocycles. The lowest BCUT2D eigenvalue weighted by atomic mass is 10.1. The lowest BCUT2D eigenvalue weighted by Crippen LogP contribution is -2.13. The molecule has 1 amide bonds. The minimum Gasteiger partial charge on any atom is -0.495 e. The fourth-order valence-electron chi connectivity index (χ4n) is 3.65. The van der Waals surface area contributed by atoms with Gasteiger partial charge in [-0.3, -0.25) is 4.79 Å². The smallest absolute Gasteiger partial charge is 0.257 e. The summed E-state index contributed by atoms with van der Waals surface area (Å²) in [5.74, 6) is 0.277. The fraction of sp³-hybridized carbons (Fsp3) is 0.174. The highest BCUT2D eigenvalue weighted by molar-refractivity contribution is 6.10. The Balaban J connectivity index is 1.52. The summed E-state index contributed by atoms with van der Waals surface area (Å²) in [7, 11) is 1.58. The van der Waals surface area contributed by atoms with Crippen LogP contribution in [0.5, 0.6) is 5.75 Å². The number of hydrogen-bond acceptors (Lipinski definition) is 5. The maximum Gasteiger partial charge on any atom is 0.257 e. The van der Waals surface area contributed by atoms with Crippen LogP contribution in [0.2, 0.25) is 0 Å². The van der Waals surface area contributed by atoms with Gasteiger partial charge >= 0.3 is 0 Å². The molecule has 1 N–H and O–H groups in total. The molecular formula is C23H20N4O3. The molecule has 5 rings (SSSR count). The number of aromatic nitrogens is 3. The number of fused-ring (bicyclic) bond motifs is 4. The number of carbonyl (C=O) groups is 1. The molecule has 0 spiro atoms. The van der Waals surface area contributed by atoms with Crippen molar-refractivity contribution in [2.75, 3.05) is 12.4 Å². The van der Waals surface area contributed by atoms with E-state index in [0.717, 1.165) is 27.4 Å². The normalized spacial score (nSPS) is 11.6. The Morgan fingerprint density at radius 2 is 1.93 bits per heavy atom. The van der Waals surface area contributed by atoms with Crippen molar-refractivity contribution in [1.29, 1.82) is 0 Å².